The highest BCUT2D eigenvalue weighted by molar-refractivity contribution is 5.47. The normalized spacial score (nSPS) is 12.2. The van der Waals surface area contributed by atoms with Gasteiger partial charge in [0.05, 0.1) is 12.2 Å². The highest BCUT2D eigenvalue weighted by Gasteiger charge is 2.12. The Balaban J connectivity index is 2.21. The summed E-state index contributed by atoms with van der Waals surface area (Å²) >= 11 is 0. The fourth-order valence-electron chi connectivity index (χ4n) is 1.89. The molecule has 0 aliphatic heterocycles. The van der Waals surface area contributed by atoms with E-state index in [0.717, 1.165) is 23.6 Å². The van der Waals surface area contributed by atoms with Gasteiger partial charge in [-0.3, -0.25) is 4.98 Å². The first-order valence-corrected chi connectivity index (χ1v) is 6.00. The molecule has 2 aromatic heterocycles. The van der Waals surface area contributed by atoms with Crippen molar-refractivity contribution in [2.75, 3.05) is 11.9 Å². The number of aromatic nitrogens is 2. The molecule has 0 saturated heterocycles. The molecular formula is C14H18N4. The van der Waals surface area contributed by atoms with E-state index in [0.29, 0.717) is 0 Å². The van der Waals surface area contributed by atoms with Crippen LogP contribution in [0.25, 0.3) is 0 Å². The van der Waals surface area contributed by atoms with E-state index in [2.05, 4.69) is 14.9 Å². The smallest absolute Gasteiger partial charge is 0.133 e. The summed E-state index contributed by atoms with van der Waals surface area (Å²) in [4.78, 5) is 10.8. The maximum atomic E-state index is 5.96. The van der Waals surface area contributed by atoms with E-state index in [1.54, 1.807) is 12.4 Å². The Bertz CT molecular complexity index is 496. The van der Waals surface area contributed by atoms with Crippen LogP contribution in [0.3, 0.4) is 0 Å². The predicted octanol–water partition coefficient (Wildman–Crippen LogP) is 2.13. The summed E-state index contributed by atoms with van der Waals surface area (Å²) in [7, 11) is 2.00. The third-order valence-electron chi connectivity index (χ3n) is 2.79. The summed E-state index contributed by atoms with van der Waals surface area (Å²) in [6.45, 7) is 2.69. The Kier molecular flexibility index (Phi) is 3.89. The van der Waals surface area contributed by atoms with Crippen molar-refractivity contribution < 1.29 is 0 Å². The number of nitrogens with two attached hydrogens (primary N) is 1. The Morgan fingerprint density at radius 1 is 1.17 bits per heavy atom. The summed E-state index contributed by atoms with van der Waals surface area (Å²) in [5.41, 5.74) is 8.03. The molecule has 0 spiro atoms. The summed E-state index contributed by atoms with van der Waals surface area (Å²) in [5, 5.41) is 0. The monoisotopic (exact) mass is 242 g/mol. The lowest BCUT2D eigenvalue weighted by atomic mass is 10.1. The number of hydrogen-bond donors (Lipinski definition) is 1. The van der Waals surface area contributed by atoms with E-state index >= 15 is 0 Å². The van der Waals surface area contributed by atoms with Gasteiger partial charge >= 0.3 is 0 Å². The summed E-state index contributed by atoms with van der Waals surface area (Å²) < 4.78 is 0. The molecule has 0 fully saturated rings. The van der Waals surface area contributed by atoms with Gasteiger partial charge in [0.15, 0.2) is 0 Å². The van der Waals surface area contributed by atoms with Gasteiger partial charge in [0.1, 0.15) is 5.82 Å². The average molecular weight is 242 g/mol. The lowest BCUT2D eigenvalue weighted by Crippen LogP contribution is -2.21. The molecule has 4 heteroatoms. The van der Waals surface area contributed by atoms with Gasteiger partial charge in [-0.25, -0.2) is 4.98 Å². The van der Waals surface area contributed by atoms with E-state index in [9.17, 15) is 0 Å². The standard InChI is InChI=1S/C14H18N4/c1-11(15)13-7-5-9-17-14(13)18(2)10-12-6-3-4-8-16-12/h3-9,11H,10,15H2,1-2H3. The van der Waals surface area contributed by atoms with Crippen LogP contribution >= 0.6 is 0 Å². The van der Waals surface area contributed by atoms with Crippen LogP contribution in [0.5, 0.6) is 0 Å². The zero-order valence-corrected chi connectivity index (χ0v) is 10.7. The van der Waals surface area contributed by atoms with Gasteiger partial charge < -0.3 is 10.6 Å². The zero-order chi connectivity index (χ0) is 13.0. The number of hydrogen-bond acceptors (Lipinski definition) is 4. The van der Waals surface area contributed by atoms with E-state index < -0.39 is 0 Å². The molecule has 0 amide bonds. The van der Waals surface area contributed by atoms with Gasteiger partial charge in [0, 0.05) is 31.0 Å². The largest absolute Gasteiger partial charge is 0.354 e. The van der Waals surface area contributed by atoms with E-state index in [4.69, 9.17) is 5.73 Å². The predicted molar refractivity (Wildman–Crippen MR) is 73.2 cm³/mol. The van der Waals surface area contributed by atoms with Crippen molar-refractivity contribution in [1.29, 1.82) is 0 Å². The minimum atomic E-state index is -0.0279. The fraction of sp³-hybridized carbons (Fsp3) is 0.286. The minimum absolute atomic E-state index is 0.0279. The Morgan fingerprint density at radius 2 is 1.94 bits per heavy atom. The van der Waals surface area contributed by atoms with Crippen molar-refractivity contribution in [3.05, 3.63) is 54.0 Å². The number of nitrogens with zero attached hydrogens (tertiary/aromatic N) is 3. The maximum absolute atomic E-state index is 5.96. The minimum Gasteiger partial charge on any atom is -0.354 e. The highest BCUT2D eigenvalue weighted by atomic mass is 15.2. The number of rotatable bonds is 4. The molecule has 0 aromatic carbocycles. The first-order valence-electron chi connectivity index (χ1n) is 6.00. The molecule has 2 heterocycles. The van der Waals surface area contributed by atoms with Crippen molar-refractivity contribution in [2.45, 2.75) is 19.5 Å². The molecule has 4 nitrogen and oxygen atoms in total. The Morgan fingerprint density at radius 3 is 2.61 bits per heavy atom. The third-order valence-corrected chi connectivity index (χ3v) is 2.79. The van der Waals surface area contributed by atoms with Gasteiger partial charge in [-0.05, 0) is 25.1 Å². The molecule has 18 heavy (non-hydrogen) atoms. The molecule has 2 rings (SSSR count). The molecule has 1 unspecified atom stereocenters. The molecule has 0 bridgehead atoms. The molecular weight excluding hydrogens is 224 g/mol. The molecule has 0 radical (unpaired) electrons. The van der Waals surface area contributed by atoms with Gasteiger partial charge in [-0.15, -0.1) is 0 Å². The van der Waals surface area contributed by atoms with Crippen LogP contribution < -0.4 is 10.6 Å². The van der Waals surface area contributed by atoms with Gasteiger partial charge in [0.25, 0.3) is 0 Å². The van der Waals surface area contributed by atoms with Crippen LogP contribution in [0.4, 0.5) is 5.82 Å². The summed E-state index contributed by atoms with van der Waals surface area (Å²) in [5.74, 6) is 0.915. The lowest BCUT2D eigenvalue weighted by Gasteiger charge is -2.22. The van der Waals surface area contributed by atoms with E-state index in [1.165, 1.54) is 0 Å². The fourth-order valence-corrected chi connectivity index (χ4v) is 1.89. The molecule has 94 valence electrons. The molecule has 0 aliphatic carbocycles. The molecule has 2 aromatic rings. The van der Waals surface area contributed by atoms with Crippen LogP contribution in [0, 0.1) is 0 Å². The maximum Gasteiger partial charge on any atom is 0.133 e. The highest BCUT2D eigenvalue weighted by Crippen LogP contribution is 2.22. The van der Waals surface area contributed by atoms with Crippen molar-refractivity contribution >= 4 is 5.82 Å². The van der Waals surface area contributed by atoms with Crippen molar-refractivity contribution in [3.8, 4) is 0 Å². The van der Waals surface area contributed by atoms with Crippen LogP contribution in [0.2, 0.25) is 0 Å². The van der Waals surface area contributed by atoms with Gasteiger partial charge in [-0.1, -0.05) is 12.1 Å². The average Bonchev–Trinajstić information content (AvgIpc) is 2.40. The lowest BCUT2D eigenvalue weighted by molar-refractivity contribution is 0.783. The Hall–Kier alpha value is -1.94. The van der Waals surface area contributed by atoms with Crippen LogP contribution in [0.15, 0.2) is 42.7 Å². The topological polar surface area (TPSA) is 55.0 Å². The Labute approximate surface area is 107 Å². The van der Waals surface area contributed by atoms with E-state index in [-0.39, 0.29) is 6.04 Å². The van der Waals surface area contributed by atoms with E-state index in [1.807, 2.05) is 44.3 Å². The summed E-state index contributed by atoms with van der Waals surface area (Å²) in [6.07, 6.45) is 3.59. The van der Waals surface area contributed by atoms with Crippen LogP contribution in [-0.4, -0.2) is 17.0 Å². The zero-order valence-electron chi connectivity index (χ0n) is 10.7. The van der Waals surface area contributed by atoms with Crippen LogP contribution in [0.1, 0.15) is 24.2 Å². The second-order valence-electron chi connectivity index (χ2n) is 4.38. The van der Waals surface area contributed by atoms with Gasteiger partial charge in [-0.2, -0.15) is 0 Å². The second-order valence-corrected chi connectivity index (χ2v) is 4.38. The number of anilines is 1. The van der Waals surface area contributed by atoms with Crippen molar-refractivity contribution in [3.63, 3.8) is 0 Å². The first-order chi connectivity index (χ1) is 8.68. The molecule has 0 aliphatic rings. The van der Waals surface area contributed by atoms with Crippen molar-refractivity contribution in [1.82, 2.24) is 9.97 Å². The second kappa shape index (κ2) is 5.60. The molecule has 0 saturated carbocycles. The van der Waals surface area contributed by atoms with Crippen LogP contribution in [-0.2, 0) is 6.54 Å². The quantitative estimate of drug-likeness (QED) is 0.892. The molecule has 1 atom stereocenters. The summed E-state index contributed by atoms with van der Waals surface area (Å²) in [6, 6.07) is 9.81. The third kappa shape index (κ3) is 2.84. The first kappa shape index (κ1) is 12.5. The van der Waals surface area contributed by atoms with Crippen molar-refractivity contribution in [2.24, 2.45) is 5.73 Å². The SMILES string of the molecule is CC(N)c1cccnc1N(C)Cc1ccccn1. The molecule has 2 N–H and O–H groups in total. The number of pyridine rings is 2. The van der Waals surface area contributed by atoms with Gasteiger partial charge in [0.2, 0.25) is 0 Å².